The maximum atomic E-state index is 14.1. The lowest BCUT2D eigenvalue weighted by atomic mass is 9.33. The Morgan fingerprint density at radius 3 is 2.28 bits per heavy atom. The van der Waals surface area contributed by atoms with E-state index in [1.165, 1.54) is 12.8 Å². The standard InChI is InChI=1S/C36H59NO6/c1-31(2)18-20-36(30(39)42-22-10-8-9-11-23-43-37(40)41)21-19-34(6)25(26(36)24-31)12-13-28-33(5)16-15-29(38)32(3,4)27(33)14-17-35(28,34)7/h12,26-29,38H,8-11,13-24H2,1-7H3/t26-,27-,28+,29-,33-,34+,35+,36-/m0/s1. The molecule has 0 aromatic heterocycles. The van der Waals surface area contributed by atoms with Crippen molar-refractivity contribution in [3.8, 4) is 0 Å². The van der Waals surface area contributed by atoms with E-state index in [-0.39, 0.29) is 51.7 Å². The summed E-state index contributed by atoms with van der Waals surface area (Å²) in [6.45, 7) is 17.6. The molecule has 0 heterocycles. The Bertz CT molecular complexity index is 1120. The summed E-state index contributed by atoms with van der Waals surface area (Å²) >= 11 is 0. The third-order valence-electron chi connectivity index (χ3n) is 14.5. The number of hydrogen-bond donors (Lipinski definition) is 1. The number of rotatable bonds is 9. The van der Waals surface area contributed by atoms with Crippen LogP contribution in [-0.2, 0) is 14.4 Å². The highest BCUT2D eigenvalue weighted by atomic mass is 16.9. The molecular formula is C36H59NO6. The van der Waals surface area contributed by atoms with Gasteiger partial charge in [-0.3, -0.25) is 4.79 Å². The van der Waals surface area contributed by atoms with E-state index in [0.29, 0.717) is 24.9 Å². The minimum Gasteiger partial charge on any atom is -0.465 e. The number of fused-ring (bicyclic) bond motifs is 7. The van der Waals surface area contributed by atoms with Crippen molar-refractivity contribution in [1.82, 2.24) is 0 Å². The molecule has 7 heteroatoms. The van der Waals surface area contributed by atoms with Crippen LogP contribution in [0.5, 0.6) is 0 Å². The molecule has 7 nitrogen and oxygen atoms in total. The first kappa shape index (κ1) is 32.8. The number of aliphatic hydroxyl groups excluding tert-OH is 1. The summed E-state index contributed by atoms with van der Waals surface area (Å²) in [5, 5.41) is 20.6. The van der Waals surface area contributed by atoms with Crippen LogP contribution in [0, 0.1) is 60.4 Å². The quantitative estimate of drug-likeness (QED) is 0.0936. The number of unbranched alkanes of at least 4 members (excludes halogenated alkanes) is 3. The molecule has 4 fully saturated rings. The summed E-state index contributed by atoms with van der Waals surface area (Å²) in [6, 6.07) is 0. The summed E-state index contributed by atoms with van der Waals surface area (Å²) in [5.74, 6) is 1.37. The van der Waals surface area contributed by atoms with Crippen molar-refractivity contribution in [3.63, 3.8) is 0 Å². The van der Waals surface area contributed by atoms with Crippen LogP contribution in [0.3, 0.4) is 0 Å². The number of nitrogens with zero attached hydrogens (tertiary/aromatic N) is 1. The smallest absolute Gasteiger partial charge is 0.312 e. The molecule has 5 rings (SSSR count). The van der Waals surface area contributed by atoms with Crippen LogP contribution in [0.2, 0.25) is 0 Å². The fourth-order valence-electron chi connectivity index (χ4n) is 11.6. The molecule has 0 aliphatic heterocycles. The van der Waals surface area contributed by atoms with Gasteiger partial charge in [-0.25, -0.2) is 0 Å². The molecule has 0 saturated heterocycles. The van der Waals surface area contributed by atoms with Gasteiger partial charge in [0.05, 0.1) is 24.7 Å². The molecule has 5 aliphatic carbocycles. The average molecular weight is 602 g/mol. The van der Waals surface area contributed by atoms with Crippen molar-refractivity contribution in [2.24, 2.45) is 50.2 Å². The third-order valence-corrected chi connectivity index (χ3v) is 14.5. The summed E-state index contributed by atoms with van der Waals surface area (Å²) in [4.78, 5) is 28.8. The molecule has 244 valence electrons. The van der Waals surface area contributed by atoms with Gasteiger partial charge in [0.2, 0.25) is 0 Å². The molecule has 5 aliphatic rings. The van der Waals surface area contributed by atoms with E-state index in [2.05, 4.69) is 59.4 Å². The van der Waals surface area contributed by atoms with Crippen LogP contribution < -0.4 is 0 Å². The fraction of sp³-hybridized carbons (Fsp3) is 0.917. The zero-order valence-corrected chi connectivity index (χ0v) is 28.1. The van der Waals surface area contributed by atoms with E-state index in [4.69, 9.17) is 4.74 Å². The number of hydrogen-bond acceptors (Lipinski definition) is 6. The third kappa shape index (κ3) is 5.25. The van der Waals surface area contributed by atoms with Gasteiger partial charge in [-0.1, -0.05) is 66.5 Å². The van der Waals surface area contributed by atoms with E-state index < -0.39 is 10.5 Å². The van der Waals surface area contributed by atoms with Gasteiger partial charge < -0.3 is 14.7 Å². The minimum atomic E-state index is -0.742. The van der Waals surface area contributed by atoms with Gasteiger partial charge in [-0.05, 0) is 128 Å². The molecule has 0 radical (unpaired) electrons. The van der Waals surface area contributed by atoms with Gasteiger partial charge in [0.25, 0.3) is 5.09 Å². The summed E-state index contributed by atoms with van der Waals surface area (Å²) < 4.78 is 6.09. The lowest BCUT2D eigenvalue weighted by Gasteiger charge is -2.71. The van der Waals surface area contributed by atoms with Gasteiger partial charge in [0.15, 0.2) is 0 Å². The molecule has 0 unspecified atom stereocenters. The van der Waals surface area contributed by atoms with Crippen LogP contribution in [-0.4, -0.2) is 35.5 Å². The number of allylic oxidation sites excluding steroid dienone is 2. The zero-order chi connectivity index (χ0) is 31.5. The number of aliphatic hydroxyl groups is 1. The summed E-state index contributed by atoms with van der Waals surface area (Å²) in [6.07, 6.45) is 15.9. The van der Waals surface area contributed by atoms with Crippen molar-refractivity contribution >= 4 is 5.97 Å². The van der Waals surface area contributed by atoms with Crippen molar-refractivity contribution in [2.75, 3.05) is 13.2 Å². The van der Waals surface area contributed by atoms with Gasteiger partial charge in [-0.15, -0.1) is 10.1 Å². The number of esters is 1. The highest BCUT2D eigenvalue weighted by molar-refractivity contribution is 5.78. The van der Waals surface area contributed by atoms with Crippen LogP contribution >= 0.6 is 0 Å². The van der Waals surface area contributed by atoms with E-state index in [0.717, 1.165) is 70.6 Å². The molecule has 0 aromatic carbocycles. The minimum absolute atomic E-state index is 0.0126. The van der Waals surface area contributed by atoms with E-state index in [1.807, 2.05) is 0 Å². The predicted molar refractivity (Wildman–Crippen MR) is 167 cm³/mol. The molecule has 8 atom stereocenters. The number of ether oxygens (including phenoxy) is 1. The molecule has 0 spiro atoms. The number of carbonyl (C=O) groups is 1. The second-order valence-corrected chi connectivity index (χ2v) is 17.4. The normalized spacial score (nSPS) is 42.7. The molecule has 43 heavy (non-hydrogen) atoms. The van der Waals surface area contributed by atoms with Gasteiger partial charge in [0, 0.05) is 0 Å². The molecule has 0 amide bonds. The Morgan fingerprint density at radius 1 is 0.907 bits per heavy atom. The van der Waals surface area contributed by atoms with Gasteiger partial charge >= 0.3 is 5.97 Å². The van der Waals surface area contributed by atoms with E-state index >= 15 is 0 Å². The first-order valence-corrected chi connectivity index (χ1v) is 17.4. The van der Waals surface area contributed by atoms with Gasteiger partial charge in [-0.2, -0.15) is 0 Å². The Labute approximate surface area is 260 Å². The van der Waals surface area contributed by atoms with Gasteiger partial charge in [0.1, 0.15) is 0 Å². The van der Waals surface area contributed by atoms with E-state index in [9.17, 15) is 20.0 Å². The topological polar surface area (TPSA) is 98.9 Å². The molecule has 0 aromatic rings. The fourth-order valence-corrected chi connectivity index (χ4v) is 11.6. The number of carbonyl (C=O) groups excluding carboxylic acids is 1. The molecule has 4 saturated carbocycles. The zero-order valence-electron chi connectivity index (χ0n) is 28.1. The Morgan fingerprint density at radius 2 is 1.58 bits per heavy atom. The monoisotopic (exact) mass is 601 g/mol. The van der Waals surface area contributed by atoms with Crippen molar-refractivity contribution in [2.45, 2.75) is 144 Å². The predicted octanol–water partition coefficient (Wildman–Crippen LogP) is 8.46. The van der Waals surface area contributed by atoms with Crippen LogP contribution in [0.25, 0.3) is 0 Å². The summed E-state index contributed by atoms with van der Waals surface area (Å²) in [7, 11) is 0. The average Bonchev–Trinajstić information content (AvgIpc) is 2.92. The molecular weight excluding hydrogens is 542 g/mol. The maximum Gasteiger partial charge on any atom is 0.312 e. The highest BCUT2D eigenvalue weighted by Crippen LogP contribution is 2.75. The largest absolute Gasteiger partial charge is 0.465 e. The van der Waals surface area contributed by atoms with Crippen LogP contribution in [0.1, 0.15) is 138 Å². The maximum absolute atomic E-state index is 14.1. The molecule has 1 N–H and O–H groups in total. The van der Waals surface area contributed by atoms with Crippen LogP contribution in [0.4, 0.5) is 0 Å². The Kier molecular flexibility index (Phi) is 8.62. The van der Waals surface area contributed by atoms with Crippen molar-refractivity contribution in [3.05, 3.63) is 21.8 Å². The first-order chi connectivity index (χ1) is 20.0. The Hall–Kier alpha value is -1.63. The van der Waals surface area contributed by atoms with E-state index in [1.54, 1.807) is 5.57 Å². The molecule has 0 bridgehead atoms. The summed E-state index contributed by atoms with van der Waals surface area (Å²) in [5.41, 5.74) is 1.74. The lowest BCUT2D eigenvalue weighted by molar-refractivity contribution is -0.757. The SMILES string of the molecule is CC1(C)CC[C@]2(C(=O)OCCCCCCO[N+](=O)[O-])CC[C@]3(C)C(=CC[C@@H]4[C@@]5(C)CC[C@H](O)C(C)(C)[C@@H]5CC[C@]43C)[C@@H]2C1. The van der Waals surface area contributed by atoms with Crippen molar-refractivity contribution in [1.29, 1.82) is 0 Å². The first-order valence-electron chi connectivity index (χ1n) is 17.4. The second-order valence-electron chi connectivity index (χ2n) is 17.4. The Balaban J connectivity index is 1.36. The van der Waals surface area contributed by atoms with Crippen LogP contribution in [0.15, 0.2) is 11.6 Å². The highest BCUT2D eigenvalue weighted by Gasteiger charge is 2.69. The van der Waals surface area contributed by atoms with Crippen molar-refractivity contribution < 1.29 is 24.6 Å². The lowest BCUT2D eigenvalue weighted by Crippen LogP contribution is -2.65. The second kappa shape index (κ2) is 11.3.